The van der Waals surface area contributed by atoms with Gasteiger partial charge >= 0.3 is 0 Å². The second-order valence-corrected chi connectivity index (χ2v) is 5.71. The highest BCUT2D eigenvalue weighted by Crippen LogP contribution is 2.14. The minimum absolute atomic E-state index is 0.132. The molecule has 0 aliphatic heterocycles. The lowest BCUT2D eigenvalue weighted by Gasteiger charge is -2.09. The van der Waals surface area contributed by atoms with Crippen LogP contribution in [0.1, 0.15) is 10.4 Å². The van der Waals surface area contributed by atoms with Crippen LogP contribution in [0, 0.1) is 4.77 Å². The third kappa shape index (κ3) is 2.53. The van der Waals surface area contributed by atoms with E-state index in [9.17, 15) is 9.59 Å². The van der Waals surface area contributed by atoms with Gasteiger partial charge in [-0.1, -0.05) is 6.07 Å². The molecule has 2 N–H and O–H groups in total. The van der Waals surface area contributed by atoms with Crippen LogP contribution in [0.2, 0.25) is 0 Å². The summed E-state index contributed by atoms with van der Waals surface area (Å²) < 4.78 is 6.75. The maximum absolute atomic E-state index is 12.3. The molecule has 2 aromatic heterocycles. The Kier molecular flexibility index (Phi) is 3.78. The molecule has 8 heteroatoms. The molecule has 0 bridgehead atoms. The summed E-state index contributed by atoms with van der Waals surface area (Å²) in [4.78, 5) is 27.5. The molecule has 0 aliphatic carbocycles. The first-order valence-corrected chi connectivity index (χ1v) is 7.57. The standard InChI is InChI=1S/C14H11N3O3S2/c1-20-9-4-2-3-8(7-9)12(18)16-17-13(19)11-10(5-6-22-11)15-14(17)21/h2-7H,1H3,(H,15,21)(H,16,18). The molecule has 1 aromatic carbocycles. The molecule has 2 heterocycles. The Morgan fingerprint density at radius 1 is 1.41 bits per heavy atom. The number of amides is 1. The number of hydrogen-bond donors (Lipinski definition) is 2. The second-order valence-electron chi connectivity index (χ2n) is 4.41. The minimum Gasteiger partial charge on any atom is -0.497 e. The molecule has 112 valence electrons. The molecule has 3 aromatic rings. The van der Waals surface area contributed by atoms with E-state index < -0.39 is 5.91 Å². The zero-order chi connectivity index (χ0) is 15.7. The van der Waals surface area contributed by atoms with Gasteiger partial charge in [-0.15, -0.1) is 11.3 Å². The number of hydrogen-bond acceptors (Lipinski definition) is 5. The number of methoxy groups -OCH3 is 1. The number of carbonyl (C=O) groups excluding carboxylic acids is 1. The third-order valence-electron chi connectivity index (χ3n) is 3.05. The van der Waals surface area contributed by atoms with E-state index in [1.165, 1.54) is 18.4 Å². The largest absolute Gasteiger partial charge is 0.497 e. The molecule has 1 amide bonds. The average Bonchev–Trinajstić information content (AvgIpc) is 2.99. The lowest BCUT2D eigenvalue weighted by molar-refractivity contribution is 0.101. The SMILES string of the molecule is COc1cccc(C(=O)Nn2c(=S)[nH]c3ccsc3c2=O)c1. The molecule has 3 rings (SSSR count). The number of H-pyrrole nitrogens is 1. The first kappa shape index (κ1) is 14.5. The van der Waals surface area contributed by atoms with E-state index in [4.69, 9.17) is 17.0 Å². The average molecular weight is 333 g/mol. The van der Waals surface area contributed by atoms with Crippen molar-refractivity contribution < 1.29 is 9.53 Å². The molecule has 0 saturated carbocycles. The predicted octanol–water partition coefficient (Wildman–Crippen LogP) is 2.51. The van der Waals surface area contributed by atoms with Crippen LogP contribution in [0.15, 0.2) is 40.5 Å². The number of ether oxygens (including phenoxy) is 1. The van der Waals surface area contributed by atoms with E-state index in [2.05, 4.69) is 10.4 Å². The van der Waals surface area contributed by atoms with Crippen molar-refractivity contribution in [3.8, 4) is 5.75 Å². The summed E-state index contributed by atoms with van der Waals surface area (Å²) in [6, 6.07) is 8.40. The van der Waals surface area contributed by atoms with Crippen LogP contribution in [0.3, 0.4) is 0 Å². The fraction of sp³-hybridized carbons (Fsp3) is 0.0714. The molecule has 0 fully saturated rings. The monoisotopic (exact) mass is 333 g/mol. The van der Waals surface area contributed by atoms with Crippen molar-refractivity contribution in [3.63, 3.8) is 0 Å². The molecular formula is C14H11N3O3S2. The summed E-state index contributed by atoms with van der Waals surface area (Å²) >= 11 is 6.41. The van der Waals surface area contributed by atoms with Gasteiger partial charge in [0.15, 0.2) is 4.77 Å². The Hall–Kier alpha value is -2.45. The van der Waals surface area contributed by atoms with Gasteiger partial charge in [0.1, 0.15) is 10.4 Å². The van der Waals surface area contributed by atoms with Gasteiger partial charge in [0, 0.05) is 5.56 Å². The number of nitrogens with zero attached hydrogens (tertiary/aromatic N) is 1. The summed E-state index contributed by atoms with van der Waals surface area (Å²) in [5, 5.41) is 1.78. The fourth-order valence-corrected chi connectivity index (χ4v) is 2.99. The Balaban J connectivity index is 2.00. The summed E-state index contributed by atoms with van der Waals surface area (Å²) in [6.07, 6.45) is 0. The quantitative estimate of drug-likeness (QED) is 0.722. The lowest BCUT2D eigenvalue weighted by Crippen LogP contribution is -2.34. The number of thiophene rings is 1. The molecule has 0 saturated heterocycles. The Labute approximate surface area is 134 Å². The minimum atomic E-state index is -0.448. The molecule has 0 spiro atoms. The van der Waals surface area contributed by atoms with E-state index in [1.807, 2.05) is 0 Å². The zero-order valence-corrected chi connectivity index (χ0v) is 13.1. The van der Waals surface area contributed by atoms with E-state index >= 15 is 0 Å². The van der Waals surface area contributed by atoms with E-state index in [1.54, 1.807) is 35.7 Å². The van der Waals surface area contributed by atoms with Crippen molar-refractivity contribution in [3.05, 3.63) is 56.4 Å². The molecular weight excluding hydrogens is 322 g/mol. The number of nitrogens with one attached hydrogen (secondary N) is 2. The van der Waals surface area contributed by atoms with Crippen LogP contribution in [0.5, 0.6) is 5.75 Å². The highest BCUT2D eigenvalue weighted by molar-refractivity contribution is 7.71. The topological polar surface area (TPSA) is 76.1 Å². The van der Waals surface area contributed by atoms with Crippen LogP contribution in [-0.4, -0.2) is 22.7 Å². The van der Waals surface area contributed by atoms with Gasteiger partial charge in [0.2, 0.25) is 0 Å². The summed E-state index contributed by atoms with van der Waals surface area (Å²) in [5.41, 5.74) is 3.18. The molecule has 0 aliphatic rings. The molecule has 0 atom stereocenters. The van der Waals surface area contributed by atoms with Crippen molar-refractivity contribution in [2.24, 2.45) is 0 Å². The molecule has 0 radical (unpaired) electrons. The van der Waals surface area contributed by atoms with E-state index in [0.29, 0.717) is 21.5 Å². The van der Waals surface area contributed by atoms with Crippen molar-refractivity contribution in [2.75, 3.05) is 12.5 Å². The highest BCUT2D eigenvalue weighted by atomic mass is 32.1. The maximum Gasteiger partial charge on any atom is 0.291 e. The summed E-state index contributed by atoms with van der Waals surface area (Å²) in [5.74, 6) is 0.107. The number of fused-ring (bicyclic) bond motifs is 1. The zero-order valence-electron chi connectivity index (χ0n) is 11.5. The molecule has 0 unspecified atom stereocenters. The van der Waals surface area contributed by atoms with Crippen LogP contribution >= 0.6 is 23.6 Å². The summed E-state index contributed by atoms with van der Waals surface area (Å²) in [6.45, 7) is 0. The van der Waals surface area contributed by atoms with Gasteiger partial charge in [-0.05, 0) is 41.9 Å². The van der Waals surface area contributed by atoms with Crippen LogP contribution in [0.25, 0.3) is 10.2 Å². The number of carbonyl (C=O) groups is 1. The van der Waals surface area contributed by atoms with Gasteiger partial charge in [-0.25, -0.2) is 0 Å². The Bertz CT molecular complexity index is 971. The van der Waals surface area contributed by atoms with Crippen molar-refractivity contribution in [1.82, 2.24) is 9.66 Å². The Morgan fingerprint density at radius 2 is 2.23 bits per heavy atom. The van der Waals surface area contributed by atoms with Gasteiger partial charge in [-0.3, -0.25) is 15.0 Å². The van der Waals surface area contributed by atoms with Crippen LogP contribution < -0.4 is 15.7 Å². The number of aromatic amines is 1. The van der Waals surface area contributed by atoms with Gasteiger partial charge in [0.05, 0.1) is 12.6 Å². The first-order valence-electron chi connectivity index (χ1n) is 6.28. The van der Waals surface area contributed by atoms with Gasteiger partial charge < -0.3 is 9.72 Å². The van der Waals surface area contributed by atoms with Crippen LogP contribution in [0.4, 0.5) is 0 Å². The highest BCUT2D eigenvalue weighted by Gasteiger charge is 2.11. The third-order valence-corrected chi connectivity index (χ3v) is 4.24. The molecule has 22 heavy (non-hydrogen) atoms. The normalized spacial score (nSPS) is 10.6. The van der Waals surface area contributed by atoms with Crippen molar-refractivity contribution in [2.45, 2.75) is 0 Å². The second kappa shape index (κ2) is 5.74. The number of rotatable bonds is 3. The van der Waals surface area contributed by atoms with Gasteiger partial charge in [0.25, 0.3) is 11.5 Å². The smallest absolute Gasteiger partial charge is 0.291 e. The fourth-order valence-electron chi connectivity index (χ4n) is 1.97. The lowest BCUT2D eigenvalue weighted by atomic mass is 10.2. The van der Waals surface area contributed by atoms with Gasteiger partial charge in [-0.2, -0.15) is 4.68 Å². The van der Waals surface area contributed by atoms with Crippen molar-refractivity contribution in [1.29, 1.82) is 0 Å². The Morgan fingerprint density at radius 3 is 3.00 bits per heavy atom. The maximum atomic E-state index is 12.3. The number of aromatic nitrogens is 2. The predicted molar refractivity (Wildman–Crippen MR) is 88.0 cm³/mol. The summed E-state index contributed by atoms with van der Waals surface area (Å²) in [7, 11) is 1.52. The van der Waals surface area contributed by atoms with Crippen molar-refractivity contribution >= 4 is 39.7 Å². The van der Waals surface area contributed by atoms with E-state index in [0.717, 1.165) is 4.68 Å². The van der Waals surface area contributed by atoms with E-state index in [-0.39, 0.29) is 10.3 Å². The first-order chi connectivity index (χ1) is 10.6. The molecule has 6 nitrogen and oxygen atoms in total. The number of benzene rings is 1. The van der Waals surface area contributed by atoms with Crippen LogP contribution in [-0.2, 0) is 0 Å².